The Kier molecular flexibility index (Phi) is 12.9. The number of carbonyl (C=O) groups excluding carboxylic acids is 3. The zero-order chi connectivity index (χ0) is 15.8. The van der Waals surface area contributed by atoms with Crippen molar-refractivity contribution in [3.8, 4) is 0 Å². The Bertz CT molecular complexity index is 354. The van der Waals surface area contributed by atoms with Crippen LogP contribution in [-0.2, 0) is 14.4 Å². The summed E-state index contributed by atoms with van der Waals surface area (Å²) < 4.78 is 0. The van der Waals surface area contributed by atoms with Crippen LogP contribution in [0.15, 0.2) is 24.6 Å². The summed E-state index contributed by atoms with van der Waals surface area (Å²) in [6, 6.07) is 0.00624. The highest BCUT2D eigenvalue weighted by Gasteiger charge is 2.06. The van der Waals surface area contributed by atoms with E-state index in [1.165, 1.54) is 18.4 Å². The summed E-state index contributed by atoms with van der Waals surface area (Å²) >= 11 is 0. The molecule has 3 N–H and O–H groups in total. The molecule has 0 aromatic carbocycles. The Morgan fingerprint density at radius 2 is 1.81 bits per heavy atom. The average molecular weight is 294 g/mol. The molecule has 1 atom stereocenters. The third-order valence-electron chi connectivity index (χ3n) is 2.60. The van der Waals surface area contributed by atoms with Crippen LogP contribution >= 0.6 is 0 Å². The van der Waals surface area contributed by atoms with Crippen LogP contribution in [0.3, 0.4) is 0 Å². The Balaban J connectivity index is 3.98. The van der Waals surface area contributed by atoms with Crippen LogP contribution in [0.1, 0.15) is 32.6 Å². The average Bonchev–Trinajstić information content (AvgIpc) is 2.47. The van der Waals surface area contributed by atoms with Gasteiger partial charge in [-0.25, -0.2) is 0 Å². The highest BCUT2D eigenvalue weighted by Crippen LogP contribution is 2.05. The molecule has 0 aliphatic carbocycles. The zero-order valence-electron chi connectivity index (χ0n) is 12.4. The van der Waals surface area contributed by atoms with Crippen LogP contribution in [0, 0.1) is 6.54 Å². The fourth-order valence-electron chi connectivity index (χ4n) is 1.64. The van der Waals surface area contributed by atoms with E-state index in [4.69, 9.17) is 0 Å². The zero-order valence-corrected chi connectivity index (χ0v) is 12.4. The van der Waals surface area contributed by atoms with Crippen LogP contribution in [-0.4, -0.2) is 31.1 Å². The van der Waals surface area contributed by atoms with Crippen LogP contribution in [0.4, 0.5) is 0 Å². The largest absolute Gasteiger partial charge is 0.386 e. The fraction of sp³-hybridized carbons (Fsp3) is 0.467. The number of rotatable bonds is 13. The normalized spacial score (nSPS) is 12.2. The van der Waals surface area contributed by atoms with Gasteiger partial charge in [-0.3, -0.25) is 14.4 Å². The Hall–Kier alpha value is -2.11. The first kappa shape index (κ1) is 18.9. The molecule has 0 aromatic rings. The maximum absolute atomic E-state index is 11.3. The second kappa shape index (κ2) is 14.3. The van der Waals surface area contributed by atoms with Crippen LogP contribution in [0.25, 0.3) is 0 Å². The molecule has 0 heterocycles. The third-order valence-corrected chi connectivity index (χ3v) is 2.60. The third kappa shape index (κ3) is 12.7. The van der Waals surface area contributed by atoms with E-state index < -0.39 is 0 Å². The quantitative estimate of drug-likeness (QED) is 0.266. The van der Waals surface area contributed by atoms with E-state index in [1.807, 2.05) is 6.92 Å². The molecule has 21 heavy (non-hydrogen) atoms. The molecular weight excluding hydrogens is 270 g/mol. The van der Waals surface area contributed by atoms with E-state index in [0.29, 0.717) is 25.5 Å². The van der Waals surface area contributed by atoms with Gasteiger partial charge >= 0.3 is 0 Å². The van der Waals surface area contributed by atoms with Crippen molar-refractivity contribution >= 4 is 18.5 Å². The van der Waals surface area contributed by atoms with E-state index in [1.54, 1.807) is 12.7 Å². The number of amides is 1. The summed E-state index contributed by atoms with van der Waals surface area (Å²) in [6.45, 7) is 4.34. The van der Waals surface area contributed by atoms with Crippen molar-refractivity contribution in [3.63, 3.8) is 0 Å². The van der Waals surface area contributed by atoms with Gasteiger partial charge in [0.15, 0.2) is 0 Å². The van der Waals surface area contributed by atoms with Crippen LogP contribution in [0.5, 0.6) is 0 Å². The van der Waals surface area contributed by atoms with Gasteiger partial charge in [0, 0.05) is 25.2 Å². The molecule has 117 valence electrons. The number of aldehydes is 2. The monoisotopic (exact) mass is 294 g/mol. The van der Waals surface area contributed by atoms with Gasteiger partial charge in [-0.2, -0.15) is 0 Å². The van der Waals surface area contributed by atoms with E-state index >= 15 is 0 Å². The minimum Gasteiger partial charge on any atom is -0.386 e. The maximum Gasteiger partial charge on any atom is 0.219 e. The maximum atomic E-state index is 11.3. The Morgan fingerprint density at radius 3 is 2.48 bits per heavy atom. The lowest BCUT2D eigenvalue weighted by Gasteiger charge is -2.16. The first-order chi connectivity index (χ1) is 10.2. The predicted molar refractivity (Wildman–Crippen MR) is 81.9 cm³/mol. The minimum atomic E-state index is 0.00624. The Morgan fingerprint density at radius 1 is 1.10 bits per heavy atom. The summed E-state index contributed by atoms with van der Waals surface area (Å²) in [6.07, 6.45) is 10.2. The molecule has 0 saturated heterocycles. The van der Waals surface area contributed by atoms with Crippen molar-refractivity contribution in [2.75, 3.05) is 6.54 Å². The molecule has 6 heteroatoms. The lowest BCUT2D eigenvalue weighted by atomic mass is 10.1. The predicted octanol–water partition coefficient (Wildman–Crippen LogP) is 0.818. The first-order valence-electron chi connectivity index (χ1n) is 7.07. The van der Waals surface area contributed by atoms with Gasteiger partial charge < -0.3 is 16.0 Å². The van der Waals surface area contributed by atoms with Crippen molar-refractivity contribution < 1.29 is 14.4 Å². The number of hydrogen-bond donors (Lipinski definition) is 3. The van der Waals surface area contributed by atoms with Crippen molar-refractivity contribution in [2.45, 2.75) is 38.6 Å². The first-order valence-corrected chi connectivity index (χ1v) is 7.07. The van der Waals surface area contributed by atoms with Crippen molar-refractivity contribution in [1.82, 2.24) is 16.0 Å². The summed E-state index contributed by atoms with van der Waals surface area (Å²) in [5.74, 6) is 0.0684. The molecule has 0 aliphatic rings. The van der Waals surface area contributed by atoms with Crippen molar-refractivity contribution in [3.05, 3.63) is 31.1 Å². The van der Waals surface area contributed by atoms with Gasteiger partial charge in [-0.05, 0) is 38.1 Å². The second-order valence-electron chi connectivity index (χ2n) is 4.30. The number of unbranched alkanes of at least 4 members (excludes halogenated alkanes) is 1. The van der Waals surface area contributed by atoms with Crippen LogP contribution in [0.2, 0.25) is 0 Å². The van der Waals surface area contributed by atoms with Gasteiger partial charge in [-0.15, -0.1) is 0 Å². The molecule has 0 saturated carbocycles. The summed E-state index contributed by atoms with van der Waals surface area (Å²) in [7, 11) is 0. The highest BCUT2D eigenvalue weighted by atomic mass is 16.1. The standard InChI is InChI=1S/C15H24N3O3/c1-2-17-15(21)8-4-3-7-14(18-10-6-12-20)13-16-9-5-11-19/h5-6,9-14,16,18H,2-4,7-8H2,1H3,(H,17,21). The Labute approximate surface area is 126 Å². The molecule has 6 nitrogen and oxygen atoms in total. The van der Waals surface area contributed by atoms with Crippen molar-refractivity contribution in [1.29, 1.82) is 0 Å². The molecule has 1 amide bonds. The summed E-state index contributed by atoms with van der Waals surface area (Å²) in [4.78, 5) is 31.7. The molecular formula is C15H24N3O3. The van der Waals surface area contributed by atoms with Crippen molar-refractivity contribution in [2.24, 2.45) is 0 Å². The molecule has 0 fully saturated rings. The molecule has 0 aliphatic heterocycles. The minimum absolute atomic E-state index is 0.00624. The van der Waals surface area contributed by atoms with E-state index in [2.05, 4.69) is 16.0 Å². The molecule has 1 unspecified atom stereocenters. The van der Waals surface area contributed by atoms with Gasteiger partial charge in [0.2, 0.25) is 5.91 Å². The van der Waals surface area contributed by atoms with Gasteiger partial charge in [0.05, 0.1) is 6.54 Å². The smallest absolute Gasteiger partial charge is 0.219 e. The van der Waals surface area contributed by atoms with Crippen LogP contribution < -0.4 is 16.0 Å². The lowest BCUT2D eigenvalue weighted by molar-refractivity contribution is -0.121. The van der Waals surface area contributed by atoms with Gasteiger partial charge in [0.25, 0.3) is 0 Å². The highest BCUT2D eigenvalue weighted by molar-refractivity contribution is 5.75. The molecule has 0 spiro atoms. The second-order valence-corrected chi connectivity index (χ2v) is 4.30. The number of allylic oxidation sites excluding steroid dienone is 2. The number of carbonyl (C=O) groups is 3. The number of hydrogen-bond acceptors (Lipinski definition) is 5. The molecule has 0 rings (SSSR count). The molecule has 0 bridgehead atoms. The SMILES string of the molecule is CCNC(=O)CCCCC([CH]NC=CC=O)NC=CC=O. The van der Waals surface area contributed by atoms with Gasteiger partial charge in [0.1, 0.15) is 12.6 Å². The van der Waals surface area contributed by atoms with Gasteiger partial charge in [-0.1, -0.05) is 6.42 Å². The summed E-state index contributed by atoms with van der Waals surface area (Å²) in [5, 5.41) is 8.70. The van der Waals surface area contributed by atoms with E-state index in [-0.39, 0.29) is 11.9 Å². The van der Waals surface area contributed by atoms with E-state index in [0.717, 1.165) is 19.3 Å². The molecule has 1 radical (unpaired) electrons. The summed E-state index contributed by atoms with van der Waals surface area (Å²) in [5.41, 5.74) is 0. The fourth-order valence-corrected chi connectivity index (χ4v) is 1.64. The topological polar surface area (TPSA) is 87.3 Å². The molecule has 0 aromatic heterocycles. The van der Waals surface area contributed by atoms with E-state index in [9.17, 15) is 14.4 Å². The number of nitrogens with one attached hydrogen (secondary N) is 3. The lowest BCUT2D eigenvalue weighted by Crippen LogP contribution is -2.29.